The maximum Gasteiger partial charge on any atom is 0.133 e. The molecule has 4 N–H and O–H groups in total. The third kappa shape index (κ3) is 3.99. The summed E-state index contributed by atoms with van der Waals surface area (Å²) >= 11 is 0. The molecule has 1 aromatic carbocycles. The van der Waals surface area contributed by atoms with E-state index in [1.807, 2.05) is 24.3 Å². The van der Waals surface area contributed by atoms with Crippen molar-refractivity contribution in [2.75, 3.05) is 13.7 Å². The van der Waals surface area contributed by atoms with E-state index in [0.29, 0.717) is 30.4 Å². The second-order valence-corrected chi connectivity index (χ2v) is 8.29. The van der Waals surface area contributed by atoms with E-state index in [1.165, 1.54) is 6.20 Å². The molecule has 1 aliphatic carbocycles. The Bertz CT molecular complexity index is 812. The molecular weight excluding hydrogens is 356 g/mol. The summed E-state index contributed by atoms with van der Waals surface area (Å²) in [4.78, 5) is 4.12. The largest absolute Gasteiger partial charge is 0.506 e. The highest BCUT2D eigenvalue weighted by Crippen LogP contribution is 2.47. The molecule has 4 rings (SSSR count). The van der Waals surface area contributed by atoms with Gasteiger partial charge in [0.25, 0.3) is 0 Å². The number of aromatic hydroxyl groups is 1. The fourth-order valence-corrected chi connectivity index (χ4v) is 5.00. The summed E-state index contributed by atoms with van der Waals surface area (Å²) in [5.41, 5.74) is 0.927. The predicted octanol–water partition coefficient (Wildman–Crippen LogP) is 2.19. The van der Waals surface area contributed by atoms with Crippen molar-refractivity contribution in [1.82, 2.24) is 10.3 Å². The van der Waals surface area contributed by atoms with Crippen molar-refractivity contribution < 1.29 is 20.1 Å². The molecule has 1 aromatic heterocycles. The Kier molecular flexibility index (Phi) is 5.27. The van der Waals surface area contributed by atoms with Gasteiger partial charge in [-0.1, -0.05) is 12.1 Å². The second-order valence-electron chi connectivity index (χ2n) is 8.29. The fraction of sp³-hybridized carbons (Fsp3) is 0.500. The van der Waals surface area contributed by atoms with Crippen LogP contribution >= 0.6 is 0 Å². The van der Waals surface area contributed by atoms with Crippen molar-refractivity contribution in [1.29, 1.82) is 0 Å². The molecule has 2 heterocycles. The van der Waals surface area contributed by atoms with Crippen LogP contribution < -0.4 is 10.1 Å². The maximum absolute atomic E-state index is 11.2. The molecule has 1 saturated carbocycles. The number of methoxy groups -OCH3 is 1. The molecule has 0 radical (unpaired) electrons. The van der Waals surface area contributed by atoms with Crippen LogP contribution in [0.1, 0.15) is 36.6 Å². The number of rotatable bonds is 6. The molecule has 28 heavy (non-hydrogen) atoms. The van der Waals surface area contributed by atoms with E-state index in [2.05, 4.69) is 10.3 Å². The Morgan fingerprint density at radius 3 is 2.89 bits per heavy atom. The second kappa shape index (κ2) is 7.70. The lowest BCUT2D eigenvalue weighted by atomic mass is 9.88. The summed E-state index contributed by atoms with van der Waals surface area (Å²) in [5.74, 6) is 1.65. The number of nitrogens with zero attached hydrogens (tertiary/aromatic N) is 1. The summed E-state index contributed by atoms with van der Waals surface area (Å²) in [5, 5.41) is 34.7. The van der Waals surface area contributed by atoms with Gasteiger partial charge in [-0.25, -0.2) is 0 Å². The minimum Gasteiger partial charge on any atom is -0.506 e. The zero-order chi connectivity index (χ0) is 19.7. The van der Waals surface area contributed by atoms with Crippen molar-refractivity contribution in [2.45, 2.75) is 43.4 Å². The number of pyridine rings is 1. The molecule has 5 atom stereocenters. The van der Waals surface area contributed by atoms with Gasteiger partial charge in [0, 0.05) is 12.5 Å². The van der Waals surface area contributed by atoms with Gasteiger partial charge in [-0.05, 0) is 67.5 Å². The van der Waals surface area contributed by atoms with E-state index in [1.54, 1.807) is 19.2 Å². The van der Waals surface area contributed by atoms with Crippen molar-refractivity contribution in [3.8, 4) is 11.5 Å². The monoisotopic (exact) mass is 384 g/mol. The molecule has 0 spiro atoms. The summed E-state index contributed by atoms with van der Waals surface area (Å²) in [6.07, 6.45) is 3.32. The molecule has 2 aliphatic rings. The highest BCUT2D eigenvalue weighted by atomic mass is 16.5. The van der Waals surface area contributed by atoms with Gasteiger partial charge in [-0.15, -0.1) is 0 Å². The van der Waals surface area contributed by atoms with E-state index >= 15 is 0 Å². The number of ether oxygens (including phenoxy) is 1. The molecule has 5 unspecified atom stereocenters. The Morgan fingerprint density at radius 2 is 2.14 bits per heavy atom. The molecule has 6 heteroatoms. The summed E-state index contributed by atoms with van der Waals surface area (Å²) in [6.45, 7) is 0.867. The van der Waals surface area contributed by atoms with E-state index in [9.17, 15) is 15.3 Å². The maximum atomic E-state index is 11.2. The smallest absolute Gasteiger partial charge is 0.133 e. The number of hydrogen-bond acceptors (Lipinski definition) is 6. The quantitative estimate of drug-likeness (QED) is 0.610. The van der Waals surface area contributed by atoms with Gasteiger partial charge in [-0.3, -0.25) is 4.98 Å². The van der Waals surface area contributed by atoms with Gasteiger partial charge in [0.05, 0.1) is 30.7 Å². The van der Waals surface area contributed by atoms with Crippen LogP contribution in [0, 0.1) is 11.8 Å². The van der Waals surface area contributed by atoms with Crippen molar-refractivity contribution in [3.05, 3.63) is 53.9 Å². The summed E-state index contributed by atoms with van der Waals surface area (Å²) < 4.78 is 5.30. The van der Waals surface area contributed by atoms with Crippen LogP contribution in [0.25, 0.3) is 0 Å². The first-order chi connectivity index (χ1) is 13.5. The summed E-state index contributed by atoms with van der Waals surface area (Å²) in [6, 6.07) is 11.2. The van der Waals surface area contributed by atoms with Gasteiger partial charge in [-0.2, -0.15) is 0 Å². The predicted molar refractivity (Wildman–Crippen MR) is 105 cm³/mol. The summed E-state index contributed by atoms with van der Waals surface area (Å²) in [7, 11) is 1.65. The average molecular weight is 384 g/mol. The third-order valence-corrected chi connectivity index (χ3v) is 6.28. The minimum absolute atomic E-state index is 0.0911. The number of aromatic nitrogens is 1. The van der Waals surface area contributed by atoms with Crippen molar-refractivity contribution >= 4 is 0 Å². The molecule has 6 nitrogen and oxygen atoms in total. The average Bonchev–Trinajstić information content (AvgIpc) is 3.19. The highest BCUT2D eigenvalue weighted by molar-refractivity contribution is 5.30. The number of aliphatic hydroxyl groups excluding tert-OH is 1. The van der Waals surface area contributed by atoms with Gasteiger partial charge in [0.1, 0.15) is 11.5 Å². The van der Waals surface area contributed by atoms with Crippen molar-refractivity contribution in [3.63, 3.8) is 0 Å². The minimum atomic E-state index is -0.718. The molecule has 1 saturated heterocycles. The lowest BCUT2D eigenvalue weighted by Gasteiger charge is -2.27. The fourth-order valence-electron chi connectivity index (χ4n) is 5.00. The number of hydrogen-bond donors (Lipinski definition) is 4. The zero-order valence-electron chi connectivity index (χ0n) is 16.1. The van der Waals surface area contributed by atoms with Crippen LogP contribution in [0.2, 0.25) is 0 Å². The number of fused-ring (bicyclic) bond motifs is 1. The van der Waals surface area contributed by atoms with Crippen LogP contribution in [0.5, 0.6) is 11.5 Å². The number of benzene rings is 1. The zero-order valence-corrected chi connectivity index (χ0v) is 16.1. The van der Waals surface area contributed by atoms with Gasteiger partial charge < -0.3 is 25.4 Å². The SMILES string of the molecule is COc1cccc(CC2(O)CC3CNC(CC(O)c4ccc(O)cn4)C3C2)c1. The van der Waals surface area contributed by atoms with Gasteiger partial charge in [0.2, 0.25) is 0 Å². The molecule has 1 aliphatic heterocycles. The van der Waals surface area contributed by atoms with Crippen LogP contribution in [0.3, 0.4) is 0 Å². The molecule has 2 aromatic rings. The lowest BCUT2D eigenvalue weighted by Crippen LogP contribution is -2.35. The highest BCUT2D eigenvalue weighted by Gasteiger charge is 2.50. The van der Waals surface area contributed by atoms with Crippen LogP contribution in [-0.4, -0.2) is 45.6 Å². The van der Waals surface area contributed by atoms with E-state index in [4.69, 9.17) is 4.74 Å². The van der Waals surface area contributed by atoms with Gasteiger partial charge >= 0.3 is 0 Å². The lowest BCUT2D eigenvalue weighted by molar-refractivity contribution is 0.0361. The van der Waals surface area contributed by atoms with Crippen LogP contribution in [0.4, 0.5) is 0 Å². The molecule has 150 valence electrons. The molecule has 2 fully saturated rings. The van der Waals surface area contributed by atoms with E-state index < -0.39 is 11.7 Å². The first kappa shape index (κ1) is 19.2. The normalized spacial score (nSPS) is 30.2. The van der Waals surface area contributed by atoms with Crippen LogP contribution in [-0.2, 0) is 6.42 Å². The Morgan fingerprint density at radius 1 is 1.29 bits per heavy atom. The van der Waals surface area contributed by atoms with Crippen LogP contribution in [0.15, 0.2) is 42.6 Å². The van der Waals surface area contributed by atoms with E-state index in [-0.39, 0.29) is 11.8 Å². The van der Waals surface area contributed by atoms with Gasteiger partial charge in [0.15, 0.2) is 0 Å². The number of nitrogens with one attached hydrogen (secondary N) is 1. The topological polar surface area (TPSA) is 94.8 Å². The first-order valence-electron chi connectivity index (χ1n) is 9.87. The third-order valence-electron chi connectivity index (χ3n) is 6.28. The Balaban J connectivity index is 1.41. The standard InChI is InChI=1S/C22H28N2O4/c1-28-17-4-2-3-14(7-17)9-22(27)10-15-12-23-20(18(15)11-22)8-21(26)19-6-5-16(25)13-24-19/h2-7,13,15,18,20-21,23,25-27H,8-12H2,1H3. The molecule has 0 bridgehead atoms. The molecule has 0 amide bonds. The Labute approximate surface area is 165 Å². The number of aliphatic hydroxyl groups is 2. The van der Waals surface area contributed by atoms with Crippen molar-refractivity contribution in [2.24, 2.45) is 11.8 Å². The van der Waals surface area contributed by atoms with E-state index in [0.717, 1.165) is 30.7 Å². The molecular formula is C22H28N2O4. The Hall–Kier alpha value is -2.15. The first-order valence-corrected chi connectivity index (χ1v) is 9.87.